The Kier molecular flexibility index (Phi) is 4.73. The van der Waals surface area contributed by atoms with Crippen LogP contribution >= 0.6 is 0 Å². The normalized spacial score (nSPS) is 11.5. The Morgan fingerprint density at radius 1 is 1.09 bits per heavy atom. The van der Waals surface area contributed by atoms with E-state index in [0.717, 1.165) is 0 Å². The maximum atomic E-state index is 13.5. The maximum absolute atomic E-state index is 13.5. The molecule has 0 aliphatic carbocycles. The lowest BCUT2D eigenvalue weighted by atomic mass is 10.1. The van der Waals surface area contributed by atoms with E-state index in [1.807, 2.05) is 5.43 Å². The van der Waals surface area contributed by atoms with Crippen molar-refractivity contribution in [2.75, 3.05) is 12.5 Å². The van der Waals surface area contributed by atoms with Gasteiger partial charge < -0.3 is 9.84 Å². The van der Waals surface area contributed by atoms with Crippen molar-refractivity contribution in [3.8, 4) is 11.5 Å². The minimum absolute atomic E-state index is 0.0989. The number of methoxy groups -OCH3 is 1. The van der Waals surface area contributed by atoms with E-state index in [4.69, 9.17) is 4.74 Å². The second kappa shape index (κ2) is 6.55. The molecule has 122 valence electrons. The van der Waals surface area contributed by atoms with E-state index in [0.29, 0.717) is 5.75 Å². The van der Waals surface area contributed by atoms with Crippen LogP contribution in [0.25, 0.3) is 0 Å². The van der Waals surface area contributed by atoms with Crippen molar-refractivity contribution in [2.24, 2.45) is 5.10 Å². The second-order valence-electron chi connectivity index (χ2n) is 4.54. The van der Waals surface area contributed by atoms with Crippen molar-refractivity contribution < 1.29 is 27.4 Å². The van der Waals surface area contributed by atoms with Gasteiger partial charge in [-0.1, -0.05) is 0 Å². The first-order valence-corrected chi connectivity index (χ1v) is 6.35. The lowest BCUT2D eigenvalue weighted by Crippen LogP contribution is -2.06. The standard InChI is InChI=1S/C15H12F4N2O2/c1-7(9-4-3-8(23-2)5-12(9)22)20-21-15-13(18)10(16)6-11(17)14(15)19/h3-6,21-22H,1-2H3. The van der Waals surface area contributed by atoms with E-state index in [1.54, 1.807) is 0 Å². The number of anilines is 1. The van der Waals surface area contributed by atoms with Gasteiger partial charge in [-0.05, 0) is 19.1 Å². The number of hydrazone groups is 1. The van der Waals surface area contributed by atoms with Gasteiger partial charge in [0.2, 0.25) is 0 Å². The van der Waals surface area contributed by atoms with Gasteiger partial charge >= 0.3 is 0 Å². The van der Waals surface area contributed by atoms with E-state index >= 15 is 0 Å². The van der Waals surface area contributed by atoms with E-state index in [9.17, 15) is 22.7 Å². The number of rotatable bonds is 4. The molecule has 2 rings (SSSR count). The first kappa shape index (κ1) is 16.6. The summed E-state index contributed by atoms with van der Waals surface area (Å²) in [5.41, 5.74) is 1.25. The molecule has 8 heteroatoms. The summed E-state index contributed by atoms with van der Waals surface area (Å²) in [5.74, 6) is -6.08. The molecule has 2 aromatic rings. The van der Waals surface area contributed by atoms with Crippen LogP contribution in [0.5, 0.6) is 11.5 Å². The van der Waals surface area contributed by atoms with Gasteiger partial charge in [0, 0.05) is 17.7 Å². The molecule has 0 fully saturated rings. The molecule has 0 aliphatic heterocycles. The molecule has 0 heterocycles. The Morgan fingerprint density at radius 3 is 2.22 bits per heavy atom. The van der Waals surface area contributed by atoms with Crippen molar-refractivity contribution in [1.29, 1.82) is 0 Å². The lowest BCUT2D eigenvalue weighted by Gasteiger charge is -2.09. The predicted octanol–water partition coefficient (Wildman–Crippen LogP) is 3.79. The highest BCUT2D eigenvalue weighted by molar-refractivity contribution is 6.01. The number of hydrogen-bond acceptors (Lipinski definition) is 4. The summed E-state index contributed by atoms with van der Waals surface area (Å²) >= 11 is 0. The highest BCUT2D eigenvalue weighted by atomic mass is 19.2. The minimum Gasteiger partial charge on any atom is -0.507 e. The molecule has 0 aromatic heterocycles. The molecule has 0 amide bonds. The van der Waals surface area contributed by atoms with Gasteiger partial charge in [0.1, 0.15) is 17.2 Å². The maximum Gasteiger partial charge on any atom is 0.186 e. The van der Waals surface area contributed by atoms with Crippen molar-refractivity contribution in [3.63, 3.8) is 0 Å². The smallest absolute Gasteiger partial charge is 0.186 e. The average molecular weight is 328 g/mol. The summed E-state index contributed by atoms with van der Waals surface area (Å²) in [6.45, 7) is 1.43. The molecule has 23 heavy (non-hydrogen) atoms. The van der Waals surface area contributed by atoms with E-state index in [1.165, 1.54) is 32.2 Å². The molecule has 0 bridgehead atoms. The highest BCUT2D eigenvalue weighted by Crippen LogP contribution is 2.26. The van der Waals surface area contributed by atoms with Gasteiger partial charge in [-0.2, -0.15) is 5.10 Å². The van der Waals surface area contributed by atoms with Crippen LogP contribution in [0.2, 0.25) is 0 Å². The number of nitrogens with one attached hydrogen (secondary N) is 1. The fraction of sp³-hybridized carbons (Fsp3) is 0.133. The Morgan fingerprint density at radius 2 is 1.70 bits per heavy atom. The molecule has 0 atom stereocenters. The Bertz CT molecular complexity index is 752. The fourth-order valence-corrected chi connectivity index (χ4v) is 1.82. The summed E-state index contributed by atoms with van der Waals surface area (Å²) in [7, 11) is 1.42. The minimum atomic E-state index is -1.60. The zero-order chi connectivity index (χ0) is 17.1. The fourth-order valence-electron chi connectivity index (χ4n) is 1.82. The number of benzene rings is 2. The molecule has 4 nitrogen and oxygen atoms in total. The largest absolute Gasteiger partial charge is 0.507 e. The van der Waals surface area contributed by atoms with Crippen LogP contribution in [0.4, 0.5) is 23.2 Å². The zero-order valence-electron chi connectivity index (χ0n) is 12.1. The third-order valence-corrected chi connectivity index (χ3v) is 3.04. The van der Waals surface area contributed by atoms with Gasteiger partial charge in [-0.3, -0.25) is 5.43 Å². The van der Waals surface area contributed by atoms with Gasteiger partial charge in [-0.25, -0.2) is 17.6 Å². The number of phenols is 1. The van der Waals surface area contributed by atoms with Crippen LogP contribution in [0.15, 0.2) is 29.4 Å². The summed E-state index contributed by atoms with van der Waals surface area (Å²) in [4.78, 5) is 0. The van der Waals surface area contributed by atoms with E-state index in [2.05, 4.69) is 5.10 Å². The summed E-state index contributed by atoms with van der Waals surface area (Å²) < 4.78 is 58.1. The van der Waals surface area contributed by atoms with Gasteiger partial charge in [0.25, 0.3) is 0 Å². The van der Waals surface area contributed by atoms with Crippen LogP contribution in [0.3, 0.4) is 0 Å². The van der Waals surface area contributed by atoms with Crippen molar-refractivity contribution >= 4 is 11.4 Å². The SMILES string of the molecule is COc1ccc(C(C)=NNc2c(F)c(F)cc(F)c2F)c(O)c1. The number of ether oxygens (including phenoxy) is 1. The molecule has 0 saturated carbocycles. The Hall–Kier alpha value is -2.77. The summed E-state index contributed by atoms with van der Waals surface area (Å²) in [6, 6.07) is 4.42. The van der Waals surface area contributed by atoms with E-state index in [-0.39, 0.29) is 23.1 Å². The highest BCUT2D eigenvalue weighted by Gasteiger charge is 2.19. The van der Waals surface area contributed by atoms with Crippen LogP contribution < -0.4 is 10.2 Å². The molecule has 0 saturated heterocycles. The van der Waals surface area contributed by atoms with Crippen LogP contribution in [0, 0.1) is 23.3 Å². The number of phenolic OH excluding ortho intramolecular Hbond substituents is 1. The molecule has 0 spiro atoms. The van der Waals surface area contributed by atoms with Crippen LogP contribution in [-0.2, 0) is 0 Å². The van der Waals surface area contributed by atoms with E-state index < -0.39 is 29.0 Å². The molecule has 0 unspecified atom stereocenters. The van der Waals surface area contributed by atoms with Crippen molar-refractivity contribution in [2.45, 2.75) is 6.92 Å². The molecular formula is C15H12F4N2O2. The monoisotopic (exact) mass is 328 g/mol. The van der Waals surface area contributed by atoms with Crippen molar-refractivity contribution in [1.82, 2.24) is 0 Å². The topological polar surface area (TPSA) is 53.8 Å². The molecule has 2 N–H and O–H groups in total. The van der Waals surface area contributed by atoms with Crippen LogP contribution in [-0.4, -0.2) is 17.9 Å². The Balaban J connectivity index is 2.34. The van der Waals surface area contributed by atoms with Crippen molar-refractivity contribution in [3.05, 3.63) is 53.1 Å². The zero-order valence-corrected chi connectivity index (χ0v) is 12.1. The van der Waals surface area contributed by atoms with Crippen LogP contribution in [0.1, 0.15) is 12.5 Å². The first-order chi connectivity index (χ1) is 10.8. The number of aromatic hydroxyl groups is 1. The van der Waals surface area contributed by atoms with Gasteiger partial charge in [0.05, 0.1) is 12.8 Å². The number of nitrogens with zero attached hydrogens (tertiary/aromatic N) is 1. The Labute approximate surface area is 129 Å². The number of halogens is 4. The summed E-state index contributed by atoms with van der Waals surface area (Å²) in [5, 5.41) is 13.5. The lowest BCUT2D eigenvalue weighted by molar-refractivity contribution is 0.407. The quantitative estimate of drug-likeness (QED) is 0.388. The third-order valence-electron chi connectivity index (χ3n) is 3.04. The third kappa shape index (κ3) is 3.36. The van der Waals surface area contributed by atoms with Gasteiger partial charge in [-0.15, -0.1) is 0 Å². The second-order valence-corrected chi connectivity index (χ2v) is 4.54. The average Bonchev–Trinajstić information content (AvgIpc) is 2.52. The molecular weight excluding hydrogens is 316 g/mol. The molecule has 0 radical (unpaired) electrons. The number of hydrogen-bond donors (Lipinski definition) is 2. The molecule has 2 aromatic carbocycles. The molecule has 0 aliphatic rings. The first-order valence-electron chi connectivity index (χ1n) is 6.35. The predicted molar refractivity (Wildman–Crippen MR) is 76.8 cm³/mol. The summed E-state index contributed by atoms with van der Waals surface area (Å²) in [6.07, 6.45) is 0. The van der Waals surface area contributed by atoms with Gasteiger partial charge in [0.15, 0.2) is 23.3 Å².